The second-order valence-electron chi connectivity index (χ2n) is 4.42. The van der Waals surface area contributed by atoms with Crippen LogP contribution in [0.25, 0.3) is 0 Å². The molecule has 1 aromatic rings. The second kappa shape index (κ2) is 6.37. The number of aliphatic hydroxyl groups excluding tert-OH is 3. The van der Waals surface area contributed by atoms with Gasteiger partial charge in [-0.2, -0.15) is 4.72 Å². The van der Waals surface area contributed by atoms with Crippen molar-refractivity contribution in [3.8, 4) is 0 Å². The van der Waals surface area contributed by atoms with Crippen molar-refractivity contribution in [1.82, 2.24) is 4.72 Å². The number of rotatable bonds is 7. The lowest BCUT2D eigenvalue weighted by atomic mass is 10.1. The van der Waals surface area contributed by atoms with Crippen LogP contribution < -0.4 is 10.5 Å². The highest BCUT2D eigenvalue weighted by molar-refractivity contribution is 7.89. The van der Waals surface area contributed by atoms with Crippen LogP contribution in [0.1, 0.15) is 10.4 Å². The minimum absolute atomic E-state index is 0.191. The second-order valence-corrected chi connectivity index (χ2v) is 6.07. The molecule has 0 aliphatic rings. The predicted octanol–water partition coefficient (Wildman–Crippen LogP) is -2.04. The number of sulfonamides is 1. The van der Waals surface area contributed by atoms with E-state index < -0.39 is 46.2 Å². The lowest BCUT2D eigenvalue weighted by Gasteiger charge is -2.28. The molecule has 0 amide bonds. The van der Waals surface area contributed by atoms with Gasteiger partial charge in [-0.15, -0.1) is 0 Å². The molecular weight excluding hydrogens is 304 g/mol. The average molecular weight is 320 g/mol. The summed E-state index contributed by atoms with van der Waals surface area (Å²) < 4.78 is 26.3. The number of carboxylic acid groups (broad SMARTS) is 1. The topological polar surface area (TPSA) is 170 Å². The van der Waals surface area contributed by atoms with E-state index in [1.807, 2.05) is 4.72 Å². The Kier molecular flexibility index (Phi) is 5.25. The van der Waals surface area contributed by atoms with Crippen molar-refractivity contribution < 1.29 is 33.6 Å². The van der Waals surface area contributed by atoms with Crippen LogP contribution in [0.3, 0.4) is 0 Å². The van der Waals surface area contributed by atoms with Gasteiger partial charge in [0.25, 0.3) is 0 Å². The van der Waals surface area contributed by atoms with Crippen LogP contribution in [0.2, 0.25) is 0 Å². The van der Waals surface area contributed by atoms with Crippen molar-refractivity contribution in [1.29, 1.82) is 0 Å². The van der Waals surface area contributed by atoms with Crippen molar-refractivity contribution in [2.24, 2.45) is 0 Å². The van der Waals surface area contributed by atoms with Gasteiger partial charge >= 0.3 is 5.97 Å². The third-order valence-corrected chi connectivity index (χ3v) is 4.46. The fourth-order valence-corrected chi connectivity index (χ4v) is 3.00. The van der Waals surface area contributed by atoms with Crippen LogP contribution >= 0.6 is 0 Å². The van der Waals surface area contributed by atoms with Crippen molar-refractivity contribution in [3.63, 3.8) is 0 Å². The molecule has 0 bridgehead atoms. The smallest absolute Gasteiger partial charge is 0.335 e. The molecular formula is C11H16N2O7S. The summed E-state index contributed by atoms with van der Waals surface area (Å²) in [5.41, 5.74) is 3.16. The van der Waals surface area contributed by atoms with E-state index in [1.165, 1.54) is 0 Å². The van der Waals surface area contributed by atoms with Gasteiger partial charge in [-0.3, -0.25) is 0 Å². The van der Waals surface area contributed by atoms with Crippen molar-refractivity contribution in [2.75, 3.05) is 25.6 Å². The monoisotopic (exact) mass is 320 g/mol. The third kappa shape index (κ3) is 3.68. The number of hydrogen-bond acceptors (Lipinski definition) is 7. The van der Waals surface area contributed by atoms with E-state index in [4.69, 9.17) is 26.2 Å². The Labute approximate surface area is 120 Å². The Balaban J connectivity index is 3.23. The van der Waals surface area contributed by atoms with E-state index >= 15 is 0 Å². The van der Waals surface area contributed by atoms with Crippen LogP contribution in [-0.2, 0) is 10.0 Å². The molecule has 0 saturated heterocycles. The summed E-state index contributed by atoms with van der Waals surface area (Å²) in [5.74, 6) is -1.27. The standard InChI is InChI=1S/C11H16N2O7S/c12-8-3-7(10(17)18)1-2-9(8)21(19,20)13-11(4-14,5-15)6-16/h1-3,13-16H,4-6,12H2,(H,17,18). The Morgan fingerprint density at radius 3 is 2.10 bits per heavy atom. The first-order valence-corrected chi connectivity index (χ1v) is 7.19. The molecule has 0 heterocycles. The molecule has 10 heteroatoms. The number of aliphatic hydroxyl groups is 3. The zero-order valence-electron chi connectivity index (χ0n) is 10.9. The normalized spacial score (nSPS) is 12.3. The van der Waals surface area contributed by atoms with E-state index in [1.54, 1.807) is 0 Å². The Morgan fingerprint density at radius 1 is 1.19 bits per heavy atom. The van der Waals surface area contributed by atoms with E-state index in [0.29, 0.717) is 0 Å². The summed E-state index contributed by atoms with van der Waals surface area (Å²) in [6, 6.07) is 3.00. The Morgan fingerprint density at radius 2 is 1.71 bits per heavy atom. The number of nitrogen functional groups attached to an aromatic ring is 1. The lowest BCUT2D eigenvalue weighted by Crippen LogP contribution is -2.56. The van der Waals surface area contributed by atoms with E-state index in [-0.39, 0.29) is 11.3 Å². The van der Waals surface area contributed by atoms with Gasteiger partial charge in [0.2, 0.25) is 10.0 Å². The van der Waals surface area contributed by atoms with Gasteiger partial charge in [0.15, 0.2) is 0 Å². The van der Waals surface area contributed by atoms with Crippen LogP contribution in [-0.4, -0.2) is 60.2 Å². The number of carbonyl (C=O) groups is 1. The Bertz CT molecular complexity index is 617. The van der Waals surface area contributed by atoms with Gasteiger partial charge in [-0.25, -0.2) is 13.2 Å². The van der Waals surface area contributed by atoms with Crippen LogP contribution in [0.4, 0.5) is 5.69 Å². The molecule has 0 aliphatic heterocycles. The van der Waals surface area contributed by atoms with Crippen molar-refractivity contribution in [2.45, 2.75) is 10.4 Å². The predicted molar refractivity (Wildman–Crippen MR) is 72.1 cm³/mol. The molecule has 0 aromatic heterocycles. The molecule has 1 aromatic carbocycles. The summed E-state index contributed by atoms with van der Waals surface area (Å²) in [7, 11) is -4.28. The maximum atomic E-state index is 12.2. The van der Waals surface area contributed by atoms with Crippen molar-refractivity contribution in [3.05, 3.63) is 23.8 Å². The molecule has 0 saturated carbocycles. The summed E-state index contributed by atoms with van der Waals surface area (Å²) >= 11 is 0. The zero-order valence-corrected chi connectivity index (χ0v) is 11.7. The first-order valence-electron chi connectivity index (χ1n) is 5.71. The summed E-state index contributed by atoms with van der Waals surface area (Å²) in [4.78, 5) is 10.3. The van der Waals surface area contributed by atoms with Gasteiger partial charge in [0, 0.05) is 0 Å². The third-order valence-electron chi connectivity index (χ3n) is 2.81. The zero-order chi connectivity index (χ0) is 16.3. The maximum Gasteiger partial charge on any atom is 0.335 e. The number of nitrogens with two attached hydrogens (primary N) is 1. The van der Waals surface area contributed by atoms with Gasteiger partial charge in [-0.1, -0.05) is 0 Å². The summed E-state index contributed by atoms with van der Waals surface area (Å²) in [6.07, 6.45) is 0. The number of hydrogen-bond donors (Lipinski definition) is 6. The minimum atomic E-state index is -4.28. The highest BCUT2D eigenvalue weighted by Gasteiger charge is 2.34. The molecule has 21 heavy (non-hydrogen) atoms. The first-order chi connectivity index (χ1) is 9.71. The highest BCUT2D eigenvalue weighted by Crippen LogP contribution is 2.21. The molecule has 0 radical (unpaired) electrons. The molecule has 0 aliphatic carbocycles. The van der Waals surface area contributed by atoms with Crippen LogP contribution in [0.15, 0.2) is 23.1 Å². The number of aromatic carboxylic acids is 1. The summed E-state index contributed by atoms with van der Waals surface area (Å²) in [6.45, 7) is -2.52. The van der Waals surface area contributed by atoms with Crippen LogP contribution in [0.5, 0.6) is 0 Å². The number of nitrogens with one attached hydrogen (secondary N) is 1. The fourth-order valence-electron chi connectivity index (χ4n) is 1.51. The molecule has 0 spiro atoms. The number of anilines is 1. The minimum Gasteiger partial charge on any atom is -0.478 e. The highest BCUT2D eigenvalue weighted by atomic mass is 32.2. The number of benzene rings is 1. The maximum absolute atomic E-state index is 12.2. The SMILES string of the molecule is Nc1cc(C(=O)O)ccc1S(=O)(=O)NC(CO)(CO)CO. The van der Waals surface area contributed by atoms with Gasteiger partial charge < -0.3 is 26.2 Å². The molecule has 118 valence electrons. The Hall–Kier alpha value is -1.72. The number of carboxylic acids is 1. The molecule has 1 rings (SSSR count). The molecule has 0 fully saturated rings. The van der Waals surface area contributed by atoms with Gasteiger partial charge in [-0.05, 0) is 18.2 Å². The fraction of sp³-hybridized carbons (Fsp3) is 0.364. The van der Waals surface area contributed by atoms with Gasteiger partial charge in [0.1, 0.15) is 10.4 Å². The molecule has 0 atom stereocenters. The first kappa shape index (κ1) is 17.3. The average Bonchev–Trinajstić information content (AvgIpc) is 2.44. The summed E-state index contributed by atoms with van der Waals surface area (Å²) in [5, 5.41) is 36.1. The van der Waals surface area contributed by atoms with E-state index in [9.17, 15) is 13.2 Å². The van der Waals surface area contributed by atoms with Gasteiger partial charge in [0.05, 0.1) is 31.1 Å². The lowest BCUT2D eigenvalue weighted by molar-refractivity contribution is 0.0582. The largest absolute Gasteiger partial charge is 0.478 e. The quantitative estimate of drug-likeness (QED) is 0.312. The molecule has 7 N–H and O–H groups in total. The molecule has 9 nitrogen and oxygen atoms in total. The van der Waals surface area contributed by atoms with E-state index in [0.717, 1.165) is 18.2 Å². The van der Waals surface area contributed by atoms with E-state index in [2.05, 4.69) is 0 Å². The van der Waals surface area contributed by atoms with Crippen molar-refractivity contribution >= 4 is 21.7 Å². The van der Waals surface area contributed by atoms with Crippen LogP contribution in [0, 0.1) is 0 Å². The molecule has 0 unspecified atom stereocenters.